The maximum Gasteiger partial charge on any atom is 0.227 e. The molecule has 1 aliphatic carbocycles. The third-order valence-corrected chi connectivity index (χ3v) is 3.94. The van der Waals surface area contributed by atoms with Crippen molar-refractivity contribution in [2.45, 2.75) is 51.9 Å². The molecule has 0 aliphatic heterocycles. The Balaban J connectivity index is 2.00. The first-order valence-corrected chi connectivity index (χ1v) is 7.34. The van der Waals surface area contributed by atoms with Crippen molar-refractivity contribution in [2.24, 2.45) is 5.92 Å². The molecule has 3 N–H and O–H groups in total. The topological polar surface area (TPSA) is 55.1 Å². The number of hydrogen-bond acceptors (Lipinski definition) is 2. The van der Waals surface area contributed by atoms with Gasteiger partial charge in [-0.15, -0.1) is 0 Å². The lowest BCUT2D eigenvalue weighted by molar-refractivity contribution is -0.120. The predicted molar refractivity (Wildman–Crippen MR) is 80.0 cm³/mol. The molecule has 1 aromatic rings. The van der Waals surface area contributed by atoms with Crippen LogP contribution in [0.4, 0.5) is 11.4 Å². The Labute approximate surface area is 115 Å². The molecule has 1 fully saturated rings. The number of benzene rings is 1. The summed E-state index contributed by atoms with van der Waals surface area (Å²) >= 11 is 0. The van der Waals surface area contributed by atoms with Gasteiger partial charge in [0.05, 0.1) is 11.4 Å². The van der Waals surface area contributed by atoms with Gasteiger partial charge < -0.3 is 11.1 Å². The fourth-order valence-corrected chi connectivity index (χ4v) is 2.73. The van der Waals surface area contributed by atoms with Crippen molar-refractivity contribution in [3.05, 3.63) is 23.8 Å². The van der Waals surface area contributed by atoms with E-state index in [-0.39, 0.29) is 11.8 Å². The Morgan fingerprint density at radius 2 is 1.79 bits per heavy atom. The number of anilines is 2. The first-order valence-electron chi connectivity index (χ1n) is 7.34. The Hall–Kier alpha value is -1.51. The summed E-state index contributed by atoms with van der Waals surface area (Å²) in [5.74, 6) is 0.291. The van der Waals surface area contributed by atoms with Gasteiger partial charge in [0.15, 0.2) is 0 Å². The van der Waals surface area contributed by atoms with E-state index in [0.29, 0.717) is 5.69 Å². The van der Waals surface area contributed by atoms with Crippen LogP contribution in [0.2, 0.25) is 0 Å². The minimum absolute atomic E-state index is 0.138. The zero-order valence-corrected chi connectivity index (χ0v) is 11.7. The quantitative estimate of drug-likeness (QED) is 0.793. The van der Waals surface area contributed by atoms with Crippen molar-refractivity contribution in [1.29, 1.82) is 0 Å². The first kappa shape index (κ1) is 13.9. The molecule has 0 saturated heterocycles. The van der Waals surface area contributed by atoms with E-state index >= 15 is 0 Å². The Kier molecular flexibility index (Phi) is 4.83. The van der Waals surface area contributed by atoms with Crippen LogP contribution in [0.5, 0.6) is 0 Å². The molecule has 1 amide bonds. The molecule has 3 heteroatoms. The van der Waals surface area contributed by atoms with Crippen LogP contribution in [0, 0.1) is 12.8 Å². The molecule has 0 radical (unpaired) electrons. The number of aryl methyl sites for hydroxylation is 1. The van der Waals surface area contributed by atoms with Gasteiger partial charge in [-0.2, -0.15) is 0 Å². The molecule has 0 spiro atoms. The highest BCUT2D eigenvalue weighted by Crippen LogP contribution is 2.25. The van der Waals surface area contributed by atoms with Crippen molar-refractivity contribution in [2.75, 3.05) is 11.1 Å². The molecule has 0 bridgehead atoms. The molecule has 3 nitrogen and oxygen atoms in total. The van der Waals surface area contributed by atoms with Crippen molar-refractivity contribution in [3.63, 3.8) is 0 Å². The van der Waals surface area contributed by atoms with Gasteiger partial charge in [-0.05, 0) is 37.5 Å². The van der Waals surface area contributed by atoms with Crippen LogP contribution in [0.15, 0.2) is 18.2 Å². The summed E-state index contributed by atoms with van der Waals surface area (Å²) in [6.45, 7) is 2.00. The van der Waals surface area contributed by atoms with Gasteiger partial charge in [-0.1, -0.05) is 38.2 Å². The van der Waals surface area contributed by atoms with E-state index < -0.39 is 0 Å². The maximum atomic E-state index is 12.3. The lowest BCUT2D eigenvalue weighted by atomic mass is 9.90. The number of amides is 1. The molecule has 1 saturated carbocycles. The lowest BCUT2D eigenvalue weighted by Gasteiger charge is -2.19. The van der Waals surface area contributed by atoms with E-state index in [4.69, 9.17) is 5.73 Å². The molecule has 0 heterocycles. The van der Waals surface area contributed by atoms with Gasteiger partial charge in [-0.3, -0.25) is 4.79 Å². The van der Waals surface area contributed by atoms with Gasteiger partial charge >= 0.3 is 0 Å². The summed E-state index contributed by atoms with van der Waals surface area (Å²) in [4.78, 5) is 12.3. The summed E-state index contributed by atoms with van der Waals surface area (Å²) < 4.78 is 0. The second-order valence-electron chi connectivity index (χ2n) is 5.62. The first-order chi connectivity index (χ1) is 9.16. The van der Waals surface area contributed by atoms with Gasteiger partial charge in [0.25, 0.3) is 0 Å². The zero-order chi connectivity index (χ0) is 13.7. The smallest absolute Gasteiger partial charge is 0.227 e. The lowest BCUT2D eigenvalue weighted by Crippen LogP contribution is -2.24. The molecule has 104 valence electrons. The van der Waals surface area contributed by atoms with E-state index in [1.165, 1.54) is 32.1 Å². The molecular weight excluding hydrogens is 236 g/mol. The molecule has 1 aromatic carbocycles. The average molecular weight is 260 g/mol. The predicted octanol–water partition coefficient (Wildman–Crippen LogP) is 3.88. The minimum Gasteiger partial charge on any atom is -0.397 e. The highest BCUT2D eigenvalue weighted by molar-refractivity contribution is 5.95. The van der Waals surface area contributed by atoms with Gasteiger partial charge in [0, 0.05) is 5.92 Å². The van der Waals surface area contributed by atoms with Crippen LogP contribution in [-0.4, -0.2) is 5.91 Å². The van der Waals surface area contributed by atoms with Crippen molar-refractivity contribution < 1.29 is 4.79 Å². The molecule has 1 aliphatic rings. The summed E-state index contributed by atoms with van der Waals surface area (Å²) in [7, 11) is 0. The van der Waals surface area contributed by atoms with E-state index in [1.807, 2.05) is 25.1 Å². The van der Waals surface area contributed by atoms with E-state index in [9.17, 15) is 4.79 Å². The highest BCUT2D eigenvalue weighted by atomic mass is 16.1. The van der Waals surface area contributed by atoms with Crippen LogP contribution in [-0.2, 0) is 4.79 Å². The molecule has 19 heavy (non-hydrogen) atoms. The zero-order valence-electron chi connectivity index (χ0n) is 11.7. The third kappa shape index (κ3) is 3.98. The number of nitrogen functional groups attached to an aromatic ring is 1. The van der Waals surface area contributed by atoms with Crippen LogP contribution >= 0.6 is 0 Å². The number of rotatable bonds is 2. The van der Waals surface area contributed by atoms with Crippen LogP contribution in [0.3, 0.4) is 0 Å². The Morgan fingerprint density at radius 3 is 2.47 bits per heavy atom. The number of carbonyl (C=O) groups excluding carboxylic acids is 1. The minimum atomic E-state index is 0.138. The summed E-state index contributed by atoms with van der Waals surface area (Å²) in [5.41, 5.74) is 8.42. The molecule has 2 rings (SSSR count). The van der Waals surface area contributed by atoms with Gasteiger partial charge in [-0.25, -0.2) is 0 Å². The number of nitrogens with one attached hydrogen (secondary N) is 1. The van der Waals surface area contributed by atoms with Crippen LogP contribution < -0.4 is 11.1 Å². The molecule has 0 unspecified atom stereocenters. The van der Waals surface area contributed by atoms with Crippen molar-refractivity contribution >= 4 is 17.3 Å². The van der Waals surface area contributed by atoms with Gasteiger partial charge in [0.2, 0.25) is 5.91 Å². The Bertz CT molecular complexity index is 434. The SMILES string of the molecule is Cc1ccc(N)c(NC(=O)C2CCCCCCC2)c1. The summed E-state index contributed by atoms with van der Waals surface area (Å²) in [6.07, 6.45) is 8.20. The fourth-order valence-electron chi connectivity index (χ4n) is 2.73. The number of hydrogen-bond donors (Lipinski definition) is 2. The van der Waals surface area contributed by atoms with E-state index in [2.05, 4.69) is 5.32 Å². The van der Waals surface area contributed by atoms with Crippen molar-refractivity contribution in [3.8, 4) is 0 Å². The van der Waals surface area contributed by atoms with E-state index in [0.717, 1.165) is 24.1 Å². The van der Waals surface area contributed by atoms with E-state index in [1.54, 1.807) is 0 Å². The number of nitrogens with two attached hydrogens (primary N) is 1. The monoisotopic (exact) mass is 260 g/mol. The number of carbonyl (C=O) groups is 1. The molecular formula is C16H24N2O. The second-order valence-corrected chi connectivity index (χ2v) is 5.62. The maximum absolute atomic E-state index is 12.3. The third-order valence-electron chi connectivity index (χ3n) is 3.94. The second kappa shape index (κ2) is 6.60. The normalized spacial score (nSPS) is 17.5. The highest BCUT2D eigenvalue weighted by Gasteiger charge is 2.19. The molecule has 0 atom stereocenters. The summed E-state index contributed by atoms with van der Waals surface area (Å²) in [5, 5.41) is 3.00. The summed E-state index contributed by atoms with van der Waals surface area (Å²) in [6, 6.07) is 5.75. The van der Waals surface area contributed by atoms with Crippen molar-refractivity contribution in [1.82, 2.24) is 0 Å². The molecule has 0 aromatic heterocycles. The Morgan fingerprint density at radius 1 is 1.16 bits per heavy atom. The average Bonchev–Trinajstić information content (AvgIpc) is 2.33. The largest absolute Gasteiger partial charge is 0.397 e. The standard InChI is InChI=1S/C16H24N2O/c1-12-9-10-14(17)15(11-12)18-16(19)13-7-5-3-2-4-6-8-13/h9-11,13H,2-8,17H2,1H3,(H,18,19). The van der Waals surface area contributed by atoms with Gasteiger partial charge in [0.1, 0.15) is 0 Å². The van der Waals surface area contributed by atoms with Crippen LogP contribution in [0.25, 0.3) is 0 Å². The van der Waals surface area contributed by atoms with Crippen LogP contribution in [0.1, 0.15) is 50.5 Å². The fraction of sp³-hybridized carbons (Fsp3) is 0.562.